The first-order valence-electron chi connectivity index (χ1n) is 11.9. The monoisotopic (exact) mass is 467 g/mol. The number of nitrogens with zero attached hydrogens (tertiary/aromatic N) is 3. The summed E-state index contributed by atoms with van der Waals surface area (Å²) in [5, 5.41) is 15.0. The highest BCUT2D eigenvalue weighted by molar-refractivity contribution is 5.96. The van der Waals surface area contributed by atoms with Gasteiger partial charge in [-0.25, -0.2) is 4.98 Å². The van der Waals surface area contributed by atoms with Crippen LogP contribution >= 0.6 is 0 Å². The molecular formula is C28H29N5O2. The maximum atomic E-state index is 13.2. The van der Waals surface area contributed by atoms with Gasteiger partial charge in [0.05, 0.1) is 17.2 Å². The molecule has 3 aromatic rings. The number of hydrogen-bond acceptors (Lipinski definition) is 5. The van der Waals surface area contributed by atoms with Crippen molar-refractivity contribution in [1.29, 1.82) is 5.26 Å². The van der Waals surface area contributed by atoms with Crippen molar-refractivity contribution in [1.82, 2.24) is 15.2 Å². The Morgan fingerprint density at radius 3 is 2.40 bits per heavy atom. The van der Waals surface area contributed by atoms with E-state index in [1.165, 1.54) is 11.8 Å². The third kappa shape index (κ3) is 5.67. The molecule has 0 bridgehead atoms. The summed E-state index contributed by atoms with van der Waals surface area (Å²) in [6, 6.07) is 19.1. The van der Waals surface area contributed by atoms with Crippen LogP contribution < -0.4 is 10.6 Å². The molecule has 0 spiro atoms. The zero-order chi connectivity index (χ0) is 24.8. The number of carbonyl (C=O) groups is 2. The van der Waals surface area contributed by atoms with Gasteiger partial charge in [-0.1, -0.05) is 18.2 Å². The summed E-state index contributed by atoms with van der Waals surface area (Å²) >= 11 is 0. The summed E-state index contributed by atoms with van der Waals surface area (Å²) < 4.78 is 0. The number of rotatable bonds is 6. The number of piperidine rings is 1. The average Bonchev–Trinajstić information content (AvgIpc) is 2.90. The van der Waals surface area contributed by atoms with Crippen molar-refractivity contribution in [3.63, 3.8) is 0 Å². The zero-order valence-corrected chi connectivity index (χ0v) is 20.0. The van der Waals surface area contributed by atoms with Crippen molar-refractivity contribution < 1.29 is 9.59 Å². The van der Waals surface area contributed by atoms with E-state index < -0.39 is 0 Å². The largest absolute Gasteiger partial charge is 0.352 e. The molecule has 7 heteroatoms. The molecule has 2 heterocycles. The van der Waals surface area contributed by atoms with Gasteiger partial charge in [-0.05, 0) is 80.1 Å². The van der Waals surface area contributed by atoms with Crippen LogP contribution in [0.5, 0.6) is 0 Å². The number of hydrogen-bond donors (Lipinski definition) is 2. The first-order chi connectivity index (χ1) is 17.0. The Kier molecular flexibility index (Phi) is 7.41. The minimum absolute atomic E-state index is 0.0193. The molecule has 7 nitrogen and oxygen atoms in total. The molecule has 0 aliphatic carbocycles. The number of aromatic nitrogens is 1. The Morgan fingerprint density at radius 1 is 1.06 bits per heavy atom. The number of benzene rings is 2. The van der Waals surface area contributed by atoms with Gasteiger partial charge in [-0.15, -0.1) is 0 Å². The lowest BCUT2D eigenvalue weighted by Gasteiger charge is -2.32. The lowest BCUT2D eigenvalue weighted by molar-refractivity contribution is 0.0713. The van der Waals surface area contributed by atoms with Gasteiger partial charge in [-0.2, -0.15) is 5.26 Å². The van der Waals surface area contributed by atoms with E-state index in [1.54, 1.807) is 12.1 Å². The molecule has 0 saturated carbocycles. The van der Waals surface area contributed by atoms with E-state index in [0.29, 0.717) is 48.1 Å². The van der Waals surface area contributed by atoms with E-state index in [-0.39, 0.29) is 11.8 Å². The predicted molar refractivity (Wildman–Crippen MR) is 136 cm³/mol. The van der Waals surface area contributed by atoms with Crippen molar-refractivity contribution in [3.05, 3.63) is 88.6 Å². The number of aryl methyl sites for hydroxylation is 1. The standard InChI is InChI=1S/C28H29N5O2/c1-3-30-27(34)24-10-11-26(31-18-24)32-25-16-23(7-4-19(25)2)28(35)33-14-12-22(13-15-33)21-8-5-20(17-29)6-9-21/h4-11,16,18,22H,3,12-15H2,1-2H3,(H,30,34)(H,31,32). The molecule has 0 unspecified atom stereocenters. The van der Waals surface area contributed by atoms with E-state index in [9.17, 15) is 9.59 Å². The SMILES string of the molecule is CCNC(=O)c1ccc(Nc2cc(C(=O)N3CCC(c4ccc(C#N)cc4)CC3)ccc2C)nc1. The van der Waals surface area contributed by atoms with Gasteiger partial charge in [0, 0.05) is 37.1 Å². The lowest BCUT2D eigenvalue weighted by Crippen LogP contribution is -2.37. The van der Waals surface area contributed by atoms with Gasteiger partial charge in [0.15, 0.2) is 0 Å². The van der Waals surface area contributed by atoms with Crippen LogP contribution in [0.2, 0.25) is 0 Å². The quantitative estimate of drug-likeness (QED) is 0.544. The summed E-state index contributed by atoms with van der Waals surface area (Å²) in [6.45, 7) is 5.80. The fourth-order valence-corrected chi connectivity index (χ4v) is 4.32. The predicted octanol–water partition coefficient (Wildman–Crippen LogP) is 4.77. The van der Waals surface area contributed by atoms with Crippen LogP contribution in [0.15, 0.2) is 60.8 Å². The van der Waals surface area contributed by atoms with Crippen molar-refractivity contribution >= 4 is 23.3 Å². The summed E-state index contributed by atoms with van der Waals surface area (Å²) in [5.41, 5.74) is 4.83. The summed E-state index contributed by atoms with van der Waals surface area (Å²) in [6.07, 6.45) is 3.34. The van der Waals surface area contributed by atoms with Crippen LogP contribution in [0.25, 0.3) is 0 Å². The van der Waals surface area contributed by atoms with Gasteiger partial charge in [-0.3, -0.25) is 9.59 Å². The van der Waals surface area contributed by atoms with Crippen LogP contribution in [0, 0.1) is 18.3 Å². The van der Waals surface area contributed by atoms with Crippen molar-refractivity contribution in [2.45, 2.75) is 32.6 Å². The first-order valence-corrected chi connectivity index (χ1v) is 11.9. The maximum absolute atomic E-state index is 13.2. The fraction of sp³-hybridized carbons (Fsp3) is 0.286. The van der Waals surface area contributed by atoms with E-state index in [2.05, 4.69) is 21.7 Å². The Balaban J connectivity index is 1.40. The molecule has 1 saturated heterocycles. The molecule has 2 amide bonds. The van der Waals surface area contributed by atoms with Crippen LogP contribution in [0.3, 0.4) is 0 Å². The highest BCUT2D eigenvalue weighted by Crippen LogP contribution is 2.29. The third-order valence-electron chi connectivity index (χ3n) is 6.40. The molecular weight excluding hydrogens is 438 g/mol. The van der Waals surface area contributed by atoms with E-state index in [0.717, 1.165) is 24.1 Å². The third-order valence-corrected chi connectivity index (χ3v) is 6.40. The van der Waals surface area contributed by atoms with E-state index >= 15 is 0 Å². The topological polar surface area (TPSA) is 98.1 Å². The molecule has 0 radical (unpaired) electrons. The second-order valence-corrected chi connectivity index (χ2v) is 8.75. The minimum Gasteiger partial charge on any atom is -0.352 e. The number of carbonyl (C=O) groups excluding carboxylic acids is 2. The molecule has 1 fully saturated rings. The smallest absolute Gasteiger partial charge is 0.253 e. The number of pyridine rings is 1. The average molecular weight is 468 g/mol. The molecule has 4 rings (SSSR count). The Hall–Kier alpha value is -4.18. The second-order valence-electron chi connectivity index (χ2n) is 8.75. The zero-order valence-electron chi connectivity index (χ0n) is 20.0. The highest BCUT2D eigenvalue weighted by Gasteiger charge is 2.25. The van der Waals surface area contributed by atoms with Crippen LogP contribution in [-0.2, 0) is 0 Å². The maximum Gasteiger partial charge on any atom is 0.253 e. The van der Waals surface area contributed by atoms with E-state index in [1.807, 2.05) is 61.2 Å². The molecule has 2 N–H and O–H groups in total. The van der Waals surface area contributed by atoms with Gasteiger partial charge in [0.25, 0.3) is 11.8 Å². The normalized spacial score (nSPS) is 13.7. The molecule has 1 aromatic heterocycles. The minimum atomic E-state index is -0.154. The van der Waals surface area contributed by atoms with Crippen molar-refractivity contribution in [3.8, 4) is 6.07 Å². The summed E-state index contributed by atoms with van der Waals surface area (Å²) in [4.78, 5) is 31.4. The summed E-state index contributed by atoms with van der Waals surface area (Å²) in [7, 11) is 0. The Morgan fingerprint density at radius 2 is 1.77 bits per heavy atom. The van der Waals surface area contributed by atoms with Crippen molar-refractivity contribution in [2.75, 3.05) is 25.0 Å². The number of likely N-dealkylation sites (tertiary alicyclic amines) is 1. The molecule has 0 atom stereocenters. The van der Waals surface area contributed by atoms with Crippen LogP contribution in [0.4, 0.5) is 11.5 Å². The molecule has 178 valence electrons. The molecule has 35 heavy (non-hydrogen) atoms. The van der Waals surface area contributed by atoms with E-state index in [4.69, 9.17) is 5.26 Å². The number of nitrogens with one attached hydrogen (secondary N) is 2. The number of amides is 2. The summed E-state index contributed by atoms with van der Waals surface area (Å²) in [5.74, 6) is 0.869. The lowest BCUT2D eigenvalue weighted by atomic mass is 9.89. The van der Waals surface area contributed by atoms with Gasteiger partial charge in [0.2, 0.25) is 0 Å². The van der Waals surface area contributed by atoms with Gasteiger partial charge < -0.3 is 15.5 Å². The van der Waals surface area contributed by atoms with Crippen molar-refractivity contribution in [2.24, 2.45) is 0 Å². The first kappa shape index (κ1) is 24.0. The number of nitriles is 1. The van der Waals surface area contributed by atoms with Gasteiger partial charge >= 0.3 is 0 Å². The van der Waals surface area contributed by atoms with Crippen LogP contribution in [-0.4, -0.2) is 41.3 Å². The molecule has 1 aliphatic rings. The van der Waals surface area contributed by atoms with Crippen LogP contribution in [0.1, 0.15) is 63.1 Å². The fourth-order valence-electron chi connectivity index (χ4n) is 4.32. The highest BCUT2D eigenvalue weighted by atomic mass is 16.2. The number of anilines is 2. The molecule has 1 aliphatic heterocycles. The Bertz CT molecular complexity index is 1240. The molecule has 2 aromatic carbocycles. The Labute approximate surface area is 205 Å². The van der Waals surface area contributed by atoms with Gasteiger partial charge in [0.1, 0.15) is 5.82 Å². The second kappa shape index (κ2) is 10.8.